The van der Waals surface area contributed by atoms with Gasteiger partial charge in [-0.3, -0.25) is 50.5 Å². The molecule has 0 aromatic heterocycles. The Kier molecular flexibility index (Phi) is 14.9. The number of rotatable bonds is 10. The highest BCUT2D eigenvalue weighted by atomic mass is 35.5. The van der Waals surface area contributed by atoms with Crippen molar-refractivity contribution in [2.45, 2.75) is 107 Å². The number of nitrogens with zero attached hydrogens (tertiary/aromatic N) is 7. The second-order valence-electron chi connectivity index (χ2n) is 21.3. The minimum absolute atomic E-state index is 0.0527. The minimum atomic E-state index is -2.77. The second-order valence-corrected chi connectivity index (χ2v) is 21.7. The molecular formula is C51H71ClF2N12O5. The SMILES string of the molecule is C[C@@]1(O)CC/C=C\CN2C(=O)C3CNC(Nc4ccc(N5CCN(CC(F)(F)C6CCN(CC7CCN(C(=O)c8ccc(Cl)c(N9CCC(=O)NC9=O)c8)CC7)CC6)CC5)cc4)NC3N2C2CCCC1N2. The Morgan fingerprint density at radius 1 is 0.887 bits per heavy atom. The van der Waals surface area contributed by atoms with Crippen molar-refractivity contribution in [1.82, 2.24) is 46.0 Å². The van der Waals surface area contributed by atoms with Crippen molar-refractivity contribution >= 4 is 52.4 Å². The summed E-state index contributed by atoms with van der Waals surface area (Å²) in [5, 5.41) is 32.5. The molecule has 5 amide bonds. The van der Waals surface area contributed by atoms with Crippen LogP contribution in [0.3, 0.4) is 0 Å². The highest BCUT2D eigenvalue weighted by molar-refractivity contribution is 6.34. The number of likely N-dealkylation sites (tertiary alicyclic amines) is 2. The fourth-order valence-electron chi connectivity index (χ4n) is 12.3. The Hall–Kier alpha value is -4.47. The van der Waals surface area contributed by atoms with E-state index in [0.717, 1.165) is 56.4 Å². The first-order valence-electron chi connectivity index (χ1n) is 26.1. The predicted molar refractivity (Wildman–Crippen MR) is 268 cm³/mol. The van der Waals surface area contributed by atoms with E-state index in [9.17, 15) is 24.3 Å². The third-order valence-corrected chi connectivity index (χ3v) is 16.9. The number of carbonyl (C=O) groups is 4. The van der Waals surface area contributed by atoms with Crippen LogP contribution in [0.5, 0.6) is 0 Å². The van der Waals surface area contributed by atoms with Gasteiger partial charge in [-0.25, -0.2) is 13.6 Å². The van der Waals surface area contributed by atoms with Gasteiger partial charge in [0.1, 0.15) is 6.29 Å². The zero-order chi connectivity index (χ0) is 49.4. The quantitative estimate of drug-likeness (QED) is 0.187. The Bertz CT molecular complexity index is 2290. The normalized spacial score (nSPS) is 30.7. The summed E-state index contributed by atoms with van der Waals surface area (Å²) in [5.74, 6) is -3.67. The standard InChI is InChI=1S/C51H71ClF2N12O5/c1-50(71)19-3-2-4-20-65-47(69)39-31-55-48(59-45(39)66(65)43-7-5-6-42(50)57-43)56-37-9-11-38(12-10-37)62-28-26-61(27-29-62)33-51(53,54)36-16-21-60(22-17-36)32-34-14-23-63(24-15-34)46(68)35-8-13-40(52)41(30-35)64-25-18-44(67)58-49(64)70/h2,4,8-13,30,34,36,39,42-43,45,48,55-57,59,71H,3,5-7,14-29,31-33H2,1H3,(H,58,67,70)/b4-2-/t39?,42?,43?,45?,48?,50-/m1/s1. The Labute approximate surface area is 420 Å². The lowest BCUT2D eigenvalue weighted by molar-refractivity contribution is -0.146. The first kappa shape index (κ1) is 50.1. The number of amides is 5. The number of hydrogen-bond donors (Lipinski definition) is 6. The predicted octanol–water partition coefficient (Wildman–Crippen LogP) is 4.27. The van der Waals surface area contributed by atoms with Gasteiger partial charge in [0.25, 0.3) is 11.8 Å². The maximum absolute atomic E-state index is 15.9. The third kappa shape index (κ3) is 11.1. The van der Waals surface area contributed by atoms with Gasteiger partial charge in [0.05, 0.1) is 47.7 Å². The number of halogens is 3. The summed E-state index contributed by atoms with van der Waals surface area (Å²) in [7, 11) is 0. The lowest BCUT2D eigenvalue weighted by Gasteiger charge is -2.47. The average Bonchev–Trinajstić information content (AvgIpc) is 3.63. The van der Waals surface area contributed by atoms with E-state index in [2.05, 4.69) is 65.7 Å². The zero-order valence-corrected chi connectivity index (χ0v) is 41.6. The highest BCUT2D eigenvalue weighted by Crippen LogP contribution is 2.37. The molecule has 0 spiro atoms. The van der Waals surface area contributed by atoms with Gasteiger partial charge in [-0.05, 0) is 126 Å². The molecule has 8 aliphatic rings. The van der Waals surface area contributed by atoms with Gasteiger partial charge in [0, 0.05) is 94.2 Å². The van der Waals surface area contributed by atoms with Gasteiger partial charge in [-0.2, -0.15) is 5.01 Å². The fourth-order valence-corrected chi connectivity index (χ4v) is 12.5. The van der Waals surface area contributed by atoms with Crippen LogP contribution in [0.2, 0.25) is 5.02 Å². The molecule has 10 rings (SSSR count). The van der Waals surface area contributed by atoms with E-state index in [1.165, 1.54) is 4.90 Å². The fraction of sp³-hybridized carbons (Fsp3) is 0.647. The van der Waals surface area contributed by atoms with Crippen molar-refractivity contribution in [2.24, 2.45) is 17.8 Å². The number of carbonyl (C=O) groups excluding carboxylic acids is 4. The van der Waals surface area contributed by atoms with E-state index in [1.54, 1.807) is 18.2 Å². The van der Waals surface area contributed by atoms with Gasteiger partial charge >= 0.3 is 6.03 Å². The number of benzene rings is 2. The van der Waals surface area contributed by atoms with Crippen LogP contribution in [-0.2, 0) is 9.59 Å². The molecule has 6 atom stereocenters. The van der Waals surface area contributed by atoms with Crippen molar-refractivity contribution < 1.29 is 33.1 Å². The van der Waals surface area contributed by atoms with E-state index in [4.69, 9.17) is 11.6 Å². The number of imide groups is 1. The summed E-state index contributed by atoms with van der Waals surface area (Å²) in [4.78, 5) is 61.1. The van der Waals surface area contributed by atoms with E-state index in [0.29, 0.717) is 107 Å². The van der Waals surface area contributed by atoms with Crippen LogP contribution in [0.4, 0.5) is 30.6 Å². The van der Waals surface area contributed by atoms with E-state index in [1.807, 2.05) is 33.9 Å². The largest absolute Gasteiger partial charge is 0.389 e. The van der Waals surface area contributed by atoms with Crippen molar-refractivity contribution in [3.63, 3.8) is 0 Å². The van der Waals surface area contributed by atoms with Crippen LogP contribution < -0.4 is 36.4 Å². The molecule has 2 aromatic rings. The number of allylic oxidation sites excluding steroid dienone is 1. The molecule has 8 aliphatic heterocycles. The average molecular weight is 1010 g/mol. The van der Waals surface area contributed by atoms with Crippen molar-refractivity contribution in [1.29, 1.82) is 0 Å². The molecule has 0 aliphatic carbocycles. The van der Waals surface area contributed by atoms with Crippen LogP contribution in [0, 0.1) is 17.8 Å². The molecule has 2 aromatic carbocycles. The molecule has 8 heterocycles. The first-order valence-corrected chi connectivity index (χ1v) is 26.4. The van der Waals surface area contributed by atoms with Crippen LogP contribution in [-0.4, -0.2) is 175 Å². The zero-order valence-electron chi connectivity index (χ0n) is 40.8. The third-order valence-electron chi connectivity index (χ3n) is 16.6. The Balaban J connectivity index is 0.647. The van der Waals surface area contributed by atoms with Gasteiger partial charge in [0.2, 0.25) is 11.8 Å². The molecule has 2 bridgehead atoms. The molecule has 0 radical (unpaired) electrons. The lowest BCUT2D eigenvalue weighted by Crippen LogP contribution is -2.69. The van der Waals surface area contributed by atoms with Crippen LogP contribution in [0.15, 0.2) is 54.6 Å². The summed E-state index contributed by atoms with van der Waals surface area (Å²) in [5.41, 5.74) is 1.97. The smallest absolute Gasteiger partial charge is 0.328 e. The van der Waals surface area contributed by atoms with Gasteiger partial charge in [-0.1, -0.05) is 23.8 Å². The number of hydrogen-bond acceptors (Lipinski definition) is 13. The summed E-state index contributed by atoms with van der Waals surface area (Å²) in [6.45, 7) is 8.71. The summed E-state index contributed by atoms with van der Waals surface area (Å²) < 4.78 is 31.8. The lowest BCUT2D eigenvalue weighted by atomic mass is 9.85. The minimum Gasteiger partial charge on any atom is -0.389 e. The molecule has 7 saturated heterocycles. The summed E-state index contributed by atoms with van der Waals surface area (Å²) in [6.07, 6.45) is 10.5. The van der Waals surface area contributed by atoms with Crippen LogP contribution in [0.25, 0.3) is 0 Å². The van der Waals surface area contributed by atoms with Crippen molar-refractivity contribution in [3.8, 4) is 0 Å². The maximum Gasteiger partial charge on any atom is 0.328 e. The van der Waals surface area contributed by atoms with Crippen LogP contribution in [0.1, 0.15) is 81.5 Å². The molecule has 71 heavy (non-hydrogen) atoms. The first-order chi connectivity index (χ1) is 34.2. The van der Waals surface area contributed by atoms with Crippen molar-refractivity contribution in [2.75, 3.05) is 100 Å². The maximum atomic E-state index is 15.9. The number of piperidine rings is 3. The molecule has 6 N–H and O–H groups in total. The number of alkyl halides is 2. The number of urea groups is 1. The molecule has 386 valence electrons. The van der Waals surface area contributed by atoms with Crippen LogP contribution >= 0.6 is 11.6 Å². The number of hydrazine groups is 1. The van der Waals surface area contributed by atoms with E-state index < -0.39 is 23.5 Å². The topological polar surface area (TPSA) is 171 Å². The number of piperazine rings is 1. The van der Waals surface area contributed by atoms with Gasteiger partial charge in [-0.15, -0.1) is 0 Å². The molecule has 7 fully saturated rings. The summed E-state index contributed by atoms with van der Waals surface area (Å²) >= 11 is 6.41. The number of nitrogens with one attached hydrogen (secondary N) is 5. The summed E-state index contributed by atoms with van der Waals surface area (Å²) in [6, 6.07) is 12.5. The molecular weight excluding hydrogens is 934 g/mol. The molecule has 17 nitrogen and oxygen atoms in total. The molecule has 20 heteroatoms. The second kappa shape index (κ2) is 21.2. The monoisotopic (exact) mass is 1000 g/mol. The number of fused-ring (bicyclic) bond motifs is 6. The Morgan fingerprint density at radius 3 is 2.39 bits per heavy atom. The molecule has 5 unspecified atom stereocenters. The number of aliphatic hydroxyl groups is 1. The Morgan fingerprint density at radius 2 is 1.65 bits per heavy atom. The van der Waals surface area contributed by atoms with Gasteiger partial charge in [0.15, 0.2) is 0 Å². The molecule has 0 saturated carbocycles. The van der Waals surface area contributed by atoms with E-state index >= 15 is 8.78 Å². The van der Waals surface area contributed by atoms with Crippen molar-refractivity contribution in [3.05, 3.63) is 65.2 Å². The van der Waals surface area contributed by atoms with E-state index in [-0.39, 0.29) is 67.8 Å². The van der Waals surface area contributed by atoms with Gasteiger partial charge < -0.3 is 25.1 Å². The highest BCUT2D eigenvalue weighted by Gasteiger charge is 2.53. The number of anilines is 3.